The molecule has 0 bridgehead atoms. The van der Waals surface area contributed by atoms with E-state index in [1.807, 2.05) is 0 Å². The molecule has 0 spiro atoms. The van der Waals surface area contributed by atoms with Gasteiger partial charge in [0.05, 0.1) is 0 Å². The second-order valence-electron chi connectivity index (χ2n) is 2.69. The number of pyridine rings is 1. The van der Waals surface area contributed by atoms with Crippen molar-refractivity contribution in [3.05, 3.63) is 15.5 Å². The summed E-state index contributed by atoms with van der Waals surface area (Å²) in [5.41, 5.74) is -1.83. The number of hydrogen-bond donors (Lipinski definition) is 1. The average Bonchev–Trinajstić information content (AvgIpc) is 2.06. The van der Waals surface area contributed by atoms with Gasteiger partial charge in [-0.25, -0.2) is 4.98 Å². The Balaban J connectivity index is 3.29. The first-order valence-electron chi connectivity index (χ1n) is 3.73. The number of ether oxygens (including phenoxy) is 1. The van der Waals surface area contributed by atoms with Gasteiger partial charge in [0.2, 0.25) is 0 Å². The molecule has 0 radical (unpaired) electrons. The van der Waals surface area contributed by atoms with Gasteiger partial charge in [-0.05, 0) is 22.6 Å². The van der Waals surface area contributed by atoms with Crippen LogP contribution in [-0.4, -0.2) is 16.5 Å². The summed E-state index contributed by atoms with van der Waals surface area (Å²) in [6.07, 6.45) is -10.3. The summed E-state index contributed by atoms with van der Waals surface area (Å²) < 4.78 is 75.2. The third-order valence-electron chi connectivity index (χ3n) is 1.42. The smallest absolute Gasteiger partial charge is 0.503 e. The Morgan fingerprint density at radius 1 is 1.18 bits per heavy atom. The summed E-state index contributed by atoms with van der Waals surface area (Å²) in [6.45, 7) is 0. The highest BCUT2D eigenvalue weighted by atomic mass is 127. The van der Waals surface area contributed by atoms with Crippen molar-refractivity contribution < 1.29 is 36.2 Å². The predicted octanol–water partition coefficient (Wildman–Crippen LogP) is 3.31. The first-order chi connectivity index (χ1) is 7.50. The zero-order valence-electron chi connectivity index (χ0n) is 7.53. The molecule has 1 aromatic rings. The number of alkyl halides is 6. The van der Waals surface area contributed by atoms with Crippen molar-refractivity contribution >= 4 is 22.6 Å². The second-order valence-corrected chi connectivity index (χ2v) is 3.79. The van der Waals surface area contributed by atoms with E-state index in [0.717, 1.165) is 0 Å². The molecule has 0 fully saturated rings. The van der Waals surface area contributed by atoms with Crippen molar-refractivity contribution in [1.29, 1.82) is 0 Å². The summed E-state index contributed by atoms with van der Waals surface area (Å²) in [5, 5.41) is 9.00. The van der Waals surface area contributed by atoms with Crippen molar-refractivity contribution in [2.24, 2.45) is 0 Å². The fraction of sp³-hybridized carbons (Fsp3) is 0.286. The molecule has 0 aliphatic heterocycles. The summed E-state index contributed by atoms with van der Waals surface area (Å²) in [5.74, 6) is -3.04. The number of halogens is 7. The monoisotopic (exact) mass is 373 g/mol. The molecule has 1 heterocycles. The summed E-state index contributed by atoms with van der Waals surface area (Å²) >= 11 is 1.27. The molecule has 10 heteroatoms. The minimum Gasteiger partial charge on any atom is -0.503 e. The van der Waals surface area contributed by atoms with Gasteiger partial charge in [-0.15, -0.1) is 13.2 Å². The molecule has 0 saturated carbocycles. The van der Waals surface area contributed by atoms with Crippen LogP contribution in [0.15, 0.2) is 6.07 Å². The second kappa shape index (κ2) is 4.38. The lowest BCUT2D eigenvalue weighted by Crippen LogP contribution is -2.19. The van der Waals surface area contributed by atoms with Gasteiger partial charge in [0.1, 0.15) is 3.70 Å². The molecule has 1 aromatic heterocycles. The summed E-state index contributed by atoms with van der Waals surface area (Å²) in [4.78, 5) is 2.90. The predicted molar refractivity (Wildman–Crippen MR) is 50.3 cm³/mol. The van der Waals surface area contributed by atoms with Gasteiger partial charge >= 0.3 is 12.5 Å². The highest BCUT2D eigenvalue weighted by molar-refractivity contribution is 14.1. The van der Waals surface area contributed by atoms with Crippen LogP contribution in [0.25, 0.3) is 0 Å². The Bertz CT molecular complexity index is 430. The lowest BCUT2D eigenvalue weighted by atomic mass is 10.3. The number of nitrogens with zero attached hydrogens (tertiary/aromatic N) is 1. The van der Waals surface area contributed by atoms with Gasteiger partial charge in [0.25, 0.3) is 0 Å². The Kier molecular flexibility index (Phi) is 3.64. The van der Waals surface area contributed by atoms with Crippen LogP contribution in [0.2, 0.25) is 0 Å². The van der Waals surface area contributed by atoms with E-state index in [4.69, 9.17) is 5.11 Å². The van der Waals surface area contributed by atoms with Crippen molar-refractivity contribution in [3.8, 4) is 11.5 Å². The number of rotatable bonds is 1. The number of aromatic nitrogens is 1. The van der Waals surface area contributed by atoms with E-state index >= 15 is 0 Å². The van der Waals surface area contributed by atoms with Gasteiger partial charge in [-0.1, -0.05) is 0 Å². The van der Waals surface area contributed by atoms with Gasteiger partial charge in [0.15, 0.2) is 17.2 Å². The van der Waals surface area contributed by atoms with Gasteiger partial charge in [-0.2, -0.15) is 13.2 Å². The van der Waals surface area contributed by atoms with Crippen LogP contribution in [0.5, 0.6) is 11.5 Å². The Labute approximate surface area is 104 Å². The fourth-order valence-electron chi connectivity index (χ4n) is 0.885. The first-order valence-corrected chi connectivity index (χ1v) is 4.81. The zero-order chi connectivity index (χ0) is 13.4. The minimum atomic E-state index is -5.20. The van der Waals surface area contributed by atoms with Crippen molar-refractivity contribution in [1.82, 2.24) is 4.98 Å². The standard InChI is InChI=1S/C7H2F6INO2/c8-6(9,10)5-4(16)2(1-3(14)15-5)17-7(11,12)13/h1,16H. The molecule has 3 nitrogen and oxygen atoms in total. The third kappa shape index (κ3) is 3.78. The van der Waals surface area contributed by atoms with E-state index in [1.54, 1.807) is 0 Å². The van der Waals surface area contributed by atoms with Crippen LogP contribution in [0, 0.1) is 3.70 Å². The molecule has 1 N–H and O–H groups in total. The van der Waals surface area contributed by atoms with Crippen molar-refractivity contribution in [3.63, 3.8) is 0 Å². The highest BCUT2D eigenvalue weighted by Crippen LogP contribution is 2.41. The van der Waals surface area contributed by atoms with E-state index in [-0.39, 0.29) is 0 Å². The van der Waals surface area contributed by atoms with Crippen molar-refractivity contribution in [2.75, 3.05) is 0 Å². The Morgan fingerprint density at radius 3 is 2.12 bits per heavy atom. The maximum atomic E-state index is 12.3. The molecule has 0 aromatic carbocycles. The fourth-order valence-corrected chi connectivity index (χ4v) is 1.41. The van der Waals surface area contributed by atoms with E-state index in [2.05, 4.69) is 9.72 Å². The highest BCUT2D eigenvalue weighted by Gasteiger charge is 2.40. The Morgan fingerprint density at radius 2 is 1.71 bits per heavy atom. The van der Waals surface area contributed by atoms with Crippen LogP contribution in [0.1, 0.15) is 5.69 Å². The van der Waals surface area contributed by atoms with Gasteiger partial charge in [-0.3, -0.25) is 0 Å². The molecule has 0 aliphatic rings. The maximum Gasteiger partial charge on any atom is 0.573 e. The molecule has 17 heavy (non-hydrogen) atoms. The van der Waals surface area contributed by atoms with E-state index < -0.39 is 33.4 Å². The van der Waals surface area contributed by atoms with Crippen LogP contribution >= 0.6 is 22.6 Å². The molecule has 0 amide bonds. The van der Waals surface area contributed by atoms with Crippen LogP contribution in [0.3, 0.4) is 0 Å². The first kappa shape index (κ1) is 14.1. The minimum absolute atomic E-state index is 0.396. The number of aromatic hydroxyl groups is 1. The van der Waals surface area contributed by atoms with Crippen LogP contribution in [-0.2, 0) is 6.18 Å². The molecule has 0 aliphatic carbocycles. The van der Waals surface area contributed by atoms with Crippen molar-refractivity contribution in [2.45, 2.75) is 12.5 Å². The Hall–Kier alpha value is -0.940. The SMILES string of the molecule is Oc1c(OC(F)(F)F)cc(I)nc1C(F)(F)F. The average molecular weight is 373 g/mol. The van der Waals surface area contributed by atoms with E-state index in [9.17, 15) is 26.3 Å². The largest absolute Gasteiger partial charge is 0.573 e. The summed E-state index contributed by atoms with van der Waals surface area (Å²) in [7, 11) is 0. The quantitative estimate of drug-likeness (QED) is 0.467. The lowest BCUT2D eigenvalue weighted by molar-refractivity contribution is -0.275. The van der Waals surface area contributed by atoms with Crippen LogP contribution in [0.4, 0.5) is 26.3 Å². The molecule has 0 atom stereocenters. The molecule has 1 rings (SSSR count). The number of hydrogen-bond acceptors (Lipinski definition) is 3. The zero-order valence-corrected chi connectivity index (χ0v) is 9.68. The van der Waals surface area contributed by atoms with Gasteiger partial charge in [0, 0.05) is 6.07 Å². The summed E-state index contributed by atoms with van der Waals surface area (Å²) in [6, 6.07) is 0.540. The molecule has 0 saturated heterocycles. The third-order valence-corrected chi connectivity index (χ3v) is 1.97. The van der Waals surface area contributed by atoms with Gasteiger partial charge < -0.3 is 9.84 Å². The molecule has 0 unspecified atom stereocenters. The van der Waals surface area contributed by atoms with Crippen LogP contribution < -0.4 is 4.74 Å². The topological polar surface area (TPSA) is 42.4 Å². The van der Waals surface area contributed by atoms with E-state index in [1.165, 1.54) is 22.6 Å². The normalized spacial score (nSPS) is 12.6. The molecule has 96 valence electrons. The lowest BCUT2D eigenvalue weighted by Gasteiger charge is -2.14. The van der Waals surface area contributed by atoms with E-state index in [0.29, 0.717) is 6.07 Å². The molecular weight excluding hydrogens is 371 g/mol. The molecular formula is C7H2F6INO2. The maximum absolute atomic E-state index is 12.3.